The van der Waals surface area contributed by atoms with E-state index in [1.54, 1.807) is 26.5 Å². The smallest absolute Gasteiger partial charge is 0.324 e. The van der Waals surface area contributed by atoms with E-state index in [1.807, 2.05) is 37.1 Å². The Labute approximate surface area is 419 Å². The number of methoxy groups -OCH3 is 1. The summed E-state index contributed by atoms with van der Waals surface area (Å²) in [7, 11) is 1.71. The zero-order valence-electron chi connectivity index (χ0n) is 42.0. The number of rotatable bonds is 9. The van der Waals surface area contributed by atoms with Gasteiger partial charge in [-0.05, 0) is 80.8 Å². The number of benzene rings is 1. The van der Waals surface area contributed by atoms with E-state index < -0.39 is 41.3 Å². The maximum absolute atomic E-state index is 15.4. The zero-order chi connectivity index (χ0) is 49.8. The van der Waals surface area contributed by atoms with Crippen LogP contribution in [0.5, 0.6) is 0 Å². The van der Waals surface area contributed by atoms with Crippen molar-refractivity contribution in [3.05, 3.63) is 84.2 Å². The van der Waals surface area contributed by atoms with Gasteiger partial charge >= 0.3 is 5.97 Å². The lowest BCUT2D eigenvalue weighted by molar-refractivity contribution is -0.168. The van der Waals surface area contributed by atoms with Gasteiger partial charge in [-0.25, -0.2) is 20.4 Å². The number of pyridine rings is 1. The molecule has 378 valence electrons. The fourth-order valence-electron chi connectivity index (χ4n) is 12.6. The summed E-state index contributed by atoms with van der Waals surface area (Å²) < 4.78 is 21.3. The number of aromatic nitrogens is 5. The number of oxazole rings is 1. The number of nitrogens with one attached hydrogen (secondary N) is 2. The summed E-state index contributed by atoms with van der Waals surface area (Å²) in [5, 5.41) is 5.77. The lowest BCUT2D eigenvalue weighted by Crippen LogP contribution is -2.74. The number of hydrazine groups is 1. The number of ether oxygens (including phenoxy) is 2. The number of fused-ring (bicyclic) bond motifs is 6. The number of likely N-dealkylation sites (tertiary alicyclic amines) is 3. The van der Waals surface area contributed by atoms with E-state index in [2.05, 4.69) is 73.2 Å². The first-order valence-corrected chi connectivity index (χ1v) is 25.8. The number of carbonyl (C=O) groups is 4. The third-order valence-corrected chi connectivity index (χ3v) is 16.8. The lowest BCUT2D eigenvalue weighted by Gasteiger charge is -2.61. The van der Waals surface area contributed by atoms with Gasteiger partial charge in [-0.15, -0.1) is 0 Å². The standard InChI is InChI=1S/C54H65N11O7/c1-30-43(39-15-17-55-29-57-39)44(30)49(67)59-46-48(63-26-54(27-63)24-62(25-54)32(3)66)50-58-41(23-71-50)33-11-14-42-37(19-33)38(20-53(4,5)28-72-52(69)40-10-8-18-64(60-40)51(46)68)47(36-9-7-16-56-45(36)31(2)70-6)65(42)35-21-61(22-35)34-12-13-34/h7,9,11,14-17,19,23,29-31,34-35,40,43-44,46,48,60H,8,10,12-13,18,20-22,24-28H2,1-6H3,(H,59,67)/t30-,31-,40-,43-,44+,46-,48-/m0/s1. The zero-order valence-corrected chi connectivity index (χ0v) is 42.0. The van der Waals surface area contributed by atoms with Gasteiger partial charge in [0.15, 0.2) is 0 Å². The highest BCUT2D eigenvalue weighted by Gasteiger charge is 2.59. The van der Waals surface area contributed by atoms with Crippen LogP contribution in [0.15, 0.2) is 65.8 Å². The van der Waals surface area contributed by atoms with Crippen LogP contribution >= 0.6 is 0 Å². The highest BCUT2D eigenvalue weighted by Crippen LogP contribution is 2.54. The summed E-state index contributed by atoms with van der Waals surface area (Å²) in [5.74, 6) is -1.42. The Bertz CT molecular complexity index is 2930. The molecular weight excluding hydrogens is 915 g/mol. The van der Waals surface area contributed by atoms with Gasteiger partial charge in [0.05, 0.1) is 30.1 Å². The number of nitrogens with zero attached hydrogens (tertiary/aromatic N) is 9. The van der Waals surface area contributed by atoms with E-state index in [0.29, 0.717) is 63.7 Å². The van der Waals surface area contributed by atoms with E-state index in [0.717, 1.165) is 57.8 Å². The molecular formula is C54H65N11O7. The molecule has 1 aromatic carbocycles. The van der Waals surface area contributed by atoms with E-state index in [1.165, 1.54) is 24.2 Å². The Morgan fingerprint density at radius 2 is 1.79 bits per heavy atom. The van der Waals surface area contributed by atoms with Crippen LogP contribution in [0.3, 0.4) is 0 Å². The summed E-state index contributed by atoms with van der Waals surface area (Å²) in [5.41, 5.74) is 9.91. The number of hydrogen-bond donors (Lipinski definition) is 2. The third kappa shape index (κ3) is 8.27. The van der Waals surface area contributed by atoms with E-state index >= 15 is 4.79 Å². The Hall–Kier alpha value is -6.08. The van der Waals surface area contributed by atoms with Crippen molar-refractivity contribution < 1.29 is 33.1 Å². The van der Waals surface area contributed by atoms with Crippen molar-refractivity contribution in [1.82, 2.24) is 55.0 Å². The first-order valence-electron chi connectivity index (χ1n) is 25.8. The average Bonchev–Trinajstić information content (AvgIpc) is 4.22. The number of carbonyl (C=O) groups excluding carboxylic acids is 4. The van der Waals surface area contributed by atoms with Gasteiger partial charge in [-0.2, -0.15) is 0 Å². The largest absolute Gasteiger partial charge is 0.464 e. The Kier molecular flexibility index (Phi) is 11.6. The van der Waals surface area contributed by atoms with Crippen LogP contribution in [0.25, 0.3) is 33.4 Å². The Morgan fingerprint density at radius 3 is 2.53 bits per heavy atom. The molecule has 2 saturated carbocycles. The van der Waals surface area contributed by atoms with Crippen molar-refractivity contribution in [2.75, 3.05) is 59.5 Å². The first-order chi connectivity index (χ1) is 34.7. The van der Waals surface area contributed by atoms with Crippen molar-refractivity contribution in [3.63, 3.8) is 0 Å². The van der Waals surface area contributed by atoms with Gasteiger partial charge in [-0.3, -0.25) is 39.0 Å². The summed E-state index contributed by atoms with van der Waals surface area (Å²) >= 11 is 0. The van der Waals surface area contributed by atoms with Crippen molar-refractivity contribution in [2.45, 2.75) is 109 Å². The second kappa shape index (κ2) is 17.8. The van der Waals surface area contributed by atoms with E-state index in [4.69, 9.17) is 23.9 Å². The molecule has 4 saturated heterocycles. The number of amides is 3. The molecule has 72 heavy (non-hydrogen) atoms. The minimum atomic E-state index is -1.17. The molecule has 6 fully saturated rings. The fourth-order valence-corrected chi connectivity index (χ4v) is 12.6. The van der Waals surface area contributed by atoms with E-state index in [-0.39, 0.29) is 53.7 Å². The fraction of sp³-hybridized carbons (Fsp3) is 0.556. The van der Waals surface area contributed by atoms with Gasteiger partial charge < -0.3 is 28.7 Å². The van der Waals surface area contributed by atoms with Crippen LogP contribution in [0.1, 0.15) is 107 Å². The van der Waals surface area contributed by atoms with Crippen molar-refractivity contribution in [3.8, 4) is 22.5 Å². The summed E-state index contributed by atoms with van der Waals surface area (Å²) in [6.07, 6.45) is 10.4. The lowest BCUT2D eigenvalue weighted by atomic mass is 9.71. The van der Waals surface area contributed by atoms with Crippen LogP contribution in [-0.4, -0.2) is 146 Å². The molecule has 3 amide bonds. The van der Waals surface area contributed by atoms with Crippen molar-refractivity contribution >= 4 is 34.6 Å². The second-order valence-corrected chi connectivity index (χ2v) is 22.7. The molecule has 9 heterocycles. The topological polar surface area (TPSA) is 193 Å². The molecule has 1 spiro atoms. The monoisotopic (exact) mass is 980 g/mol. The first kappa shape index (κ1) is 47.0. The molecule has 6 bridgehead atoms. The third-order valence-electron chi connectivity index (χ3n) is 16.8. The minimum Gasteiger partial charge on any atom is -0.464 e. The maximum Gasteiger partial charge on any atom is 0.324 e. The van der Waals surface area contributed by atoms with Crippen LogP contribution in [0.4, 0.5) is 0 Å². The quantitative estimate of drug-likeness (QED) is 0.182. The van der Waals surface area contributed by atoms with Crippen LogP contribution in [0.2, 0.25) is 0 Å². The molecule has 0 radical (unpaired) electrons. The van der Waals surface area contributed by atoms with Crippen molar-refractivity contribution in [1.29, 1.82) is 0 Å². The van der Waals surface area contributed by atoms with Gasteiger partial charge in [0.25, 0.3) is 5.91 Å². The highest BCUT2D eigenvalue weighted by atomic mass is 16.5. The minimum absolute atomic E-state index is 0.0259. The maximum atomic E-state index is 15.4. The van der Waals surface area contributed by atoms with Gasteiger partial charge in [0.1, 0.15) is 36.4 Å². The second-order valence-electron chi connectivity index (χ2n) is 22.7. The summed E-state index contributed by atoms with van der Waals surface area (Å²) in [6, 6.07) is 10.5. The SMILES string of the molecule is CO[C@@H](C)c1ncccc1-c1c2c3cc(ccc3n1C1CN(C3CC3)C1)-c1coc(n1)[C@@H](N1CC3(CN(C(C)=O)C3)C1)[C@H](NC(=O)[C@@H]1[C@@H](C)[C@H]1c1ccncn1)C(=O)N1CCC[C@H](N1)C(=O)OCC(C)(C)C2. The molecule has 7 aliphatic rings. The van der Waals surface area contributed by atoms with Crippen molar-refractivity contribution in [2.24, 2.45) is 22.7 Å². The predicted octanol–water partition coefficient (Wildman–Crippen LogP) is 5.24. The Morgan fingerprint density at radius 1 is 0.986 bits per heavy atom. The summed E-state index contributed by atoms with van der Waals surface area (Å²) in [4.78, 5) is 82.0. The van der Waals surface area contributed by atoms with Crippen LogP contribution < -0.4 is 10.7 Å². The molecule has 7 atom stereocenters. The predicted molar refractivity (Wildman–Crippen MR) is 264 cm³/mol. The molecule has 0 unspecified atom stereocenters. The number of esters is 1. The van der Waals surface area contributed by atoms with Gasteiger partial charge in [0, 0.05) is 129 Å². The Balaban J connectivity index is 0.992. The van der Waals surface area contributed by atoms with Gasteiger partial charge in [0.2, 0.25) is 17.7 Å². The molecule has 2 N–H and O–H groups in total. The molecule has 5 aliphatic heterocycles. The molecule has 18 heteroatoms. The van der Waals surface area contributed by atoms with Gasteiger partial charge in [-0.1, -0.05) is 26.8 Å². The van der Waals surface area contributed by atoms with Crippen LogP contribution in [-0.2, 0) is 35.1 Å². The average molecular weight is 980 g/mol. The van der Waals surface area contributed by atoms with Crippen LogP contribution in [0, 0.1) is 22.7 Å². The molecule has 18 nitrogen and oxygen atoms in total. The molecule has 2 aliphatic carbocycles. The van der Waals surface area contributed by atoms with E-state index in [9.17, 15) is 14.4 Å². The number of hydrogen-bond acceptors (Lipinski definition) is 14. The number of cyclic esters (lactones) is 1. The molecule has 5 aromatic rings. The highest BCUT2D eigenvalue weighted by molar-refractivity contribution is 5.96. The summed E-state index contributed by atoms with van der Waals surface area (Å²) in [6.45, 7) is 14.6. The molecule has 4 aromatic heterocycles. The normalized spacial score (nSPS) is 27.9. The molecule has 12 rings (SSSR count).